The summed E-state index contributed by atoms with van der Waals surface area (Å²) < 4.78 is 1.83. The number of hydrogen-bond donors (Lipinski definition) is 1. The lowest BCUT2D eigenvalue weighted by Crippen LogP contribution is -2.13. The molecule has 0 aliphatic rings. The van der Waals surface area contributed by atoms with Crippen LogP contribution >= 0.6 is 23.2 Å². The number of benzene rings is 1. The van der Waals surface area contributed by atoms with Crippen molar-refractivity contribution in [2.75, 3.05) is 5.32 Å². The van der Waals surface area contributed by atoms with E-state index < -0.39 is 0 Å². The minimum absolute atomic E-state index is 0.192. The summed E-state index contributed by atoms with van der Waals surface area (Å²) in [5.74, 6) is -0.192. The Balaban J connectivity index is 1.83. The molecule has 2 aromatic heterocycles. The van der Waals surface area contributed by atoms with Crippen LogP contribution < -0.4 is 5.32 Å². The van der Waals surface area contributed by atoms with Crippen LogP contribution in [0.1, 0.15) is 27.3 Å². The number of rotatable bonds is 4. The first-order valence-corrected chi connectivity index (χ1v) is 8.40. The van der Waals surface area contributed by atoms with Crippen LogP contribution in [0.15, 0.2) is 42.7 Å². The summed E-state index contributed by atoms with van der Waals surface area (Å²) in [5, 5.41) is 8.47. The molecule has 0 atom stereocenters. The average molecular weight is 375 g/mol. The number of aryl methyl sites for hydroxylation is 1. The van der Waals surface area contributed by atoms with Gasteiger partial charge in [0.15, 0.2) is 0 Å². The molecule has 0 spiro atoms. The van der Waals surface area contributed by atoms with Gasteiger partial charge in [-0.3, -0.25) is 14.5 Å². The minimum Gasteiger partial charge on any atom is -0.319 e. The molecule has 2 heterocycles. The van der Waals surface area contributed by atoms with Crippen LogP contribution in [0.4, 0.5) is 5.69 Å². The second-order valence-corrected chi connectivity index (χ2v) is 6.46. The van der Waals surface area contributed by atoms with Gasteiger partial charge in [0.05, 0.1) is 33.7 Å². The number of nitrogens with one attached hydrogen (secondary N) is 1. The number of carbonyl (C=O) groups excluding carboxylic acids is 1. The highest BCUT2D eigenvalue weighted by atomic mass is 35.5. The Hall–Kier alpha value is -2.37. The van der Waals surface area contributed by atoms with Crippen molar-refractivity contribution >= 4 is 34.8 Å². The van der Waals surface area contributed by atoms with Crippen LogP contribution in [0.3, 0.4) is 0 Å². The second-order valence-electron chi connectivity index (χ2n) is 5.64. The molecule has 0 saturated heterocycles. The Bertz CT molecular complexity index is 922. The molecule has 0 saturated carbocycles. The van der Waals surface area contributed by atoms with E-state index in [0.717, 1.165) is 17.0 Å². The van der Waals surface area contributed by atoms with Crippen molar-refractivity contribution in [3.05, 3.63) is 75.3 Å². The molecule has 3 rings (SSSR count). The zero-order chi connectivity index (χ0) is 18.0. The van der Waals surface area contributed by atoms with Gasteiger partial charge in [-0.1, -0.05) is 29.3 Å². The van der Waals surface area contributed by atoms with Crippen LogP contribution in [0.5, 0.6) is 0 Å². The summed E-state index contributed by atoms with van der Waals surface area (Å²) >= 11 is 12.0. The van der Waals surface area contributed by atoms with E-state index in [9.17, 15) is 4.79 Å². The van der Waals surface area contributed by atoms with E-state index in [1.165, 1.54) is 0 Å². The first kappa shape index (κ1) is 17.5. The summed E-state index contributed by atoms with van der Waals surface area (Å²) in [6, 6.07) is 8.81. The fraction of sp³-hybridized carbons (Fsp3) is 0.167. The van der Waals surface area contributed by atoms with Crippen molar-refractivity contribution < 1.29 is 4.79 Å². The number of hydrogen-bond acceptors (Lipinski definition) is 3. The lowest BCUT2D eigenvalue weighted by molar-refractivity contribution is 0.102. The van der Waals surface area contributed by atoms with Gasteiger partial charge < -0.3 is 5.32 Å². The maximum Gasteiger partial charge on any atom is 0.255 e. The normalized spacial score (nSPS) is 10.7. The molecule has 1 aromatic carbocycles. The van der Waals surface area contributed by atoms with Gasteiger partial charge in [0, 0.05) is 18.0 Å². The summed E-state index contributed by atoms with van der Waals surface area (Å²) in [7, 11) is 0. The number of carbonyl (C=O) groups is 1. The highest BCUT2D eigenvalue weighted by Crippen LogP contribution is 2.25. The lowest BCUT2D eigenvalue weighted by atomic mass is 10.2. The molecule has 0 radical (unpaired) electrons. The topological polar surface area (TPSA) is 59.8 Å². The minimum atomic E-state index is -0.192. The van der Waals surface area contributed by atoms with Crippen molar-refractivity contribution in [3.8, 4) is 0 Å². The largest absolute Gasteiger partial charge is 0.319 e. The maximum atomic E-state index is 12.4. The Labute approximate surface area is 155 Å². The molecule has 0 bridgehead atoms. The van der Waals surface area contributed by atoms with E-state index in [4.69, 9.17) is 23.2 Å². The van der Waals surface area contributed by atoms with Crippen molar-refractivity contribution in [3.63, 3.8) is 0 Å². The summed E-state index contributed by atoms with van der Waals surface area (Å²) in [4.78, 5) is 16.3. The lowest BCUT2D eigenvalue weighted by Gasteiger charge is -2.08. The van der Waals surface area contributed by atoms with Crippen molar-refractivity contribution in [2.45, 2.75) is 20.4 Å². The van der Waals surface area contributed by atoms with Gasteiger partial charge in [0.25, 0.3) is 5.91 Å². The van der Waals surface area contributed by atoms with E-state index in [2.05, 4.69) is 15.4 Å². The zero-order valence-electron chi connectivity index (χ0n) is 13.8. The summed E-state index contributed by atoms with van der Waals surface area (Å²) in [6.07, 6.45) is 3.17. The molecule has 3 aromatic rings. The van der Waals surface area contributed by atoms with Crippen LogP contribution in [0, 0.1) is 13.8 Å². The van der Waals surface area contributed by atoms with E-state index in [0.29, 0.717) is 27.8 Å². The van der Waals surface area contributed by atoms with E-state index in [1.807, 2.05) is 30.7 Å². The number of nitrogens with zero attached hydrogens (tertiary/aromatic N) is 3. The van der Waals surface area contributed by atoms with E-state index in [-0.39, 0.29) is 5.91 Å². The fourth-order valence-corrected chi connectivity index (χ4v) is 2.85. The third-order valence-electron chi connectivity index (χ3n) is 3.88. The SMILES string of the molecule is Cc1nn(Cc2ccc(Cl)c(Cl)c2)c(C)c1NC(=O)c1ccncc1. The first-order valence-electron chi connectivity index (χ1n) is 7.65. The number of amides is 1. The number of aromatic nitrogens is 3. The molecule has 5 nitrogen and oxygen atoms in total. The van der Waals surface area contributed by atoms with Gasteiger partial charge in [-0.05, 0) is 43.7 Å². The highest BCUT2D eigenvalue weighted by Gasteiger charge is 2.15. The molecule has 25 heavy (non-hydrogen) atoms. The maximum absolute atomic E-state index is 12.4. The molecular formula is C18H16Cl2N4O. The van der Waals surface area contributed by atoms with Gasteiger partial charge in [0.1, 0.15) is 0 Å². The smallest absolute Gasteiger partial charge is 0.255 e. The molecule has 0 unspecified atom stereocenters. The molecular weight excluding hydrogens is 359 g/mol. The number of anilines is 1. The predicted octanol–water partition coefficient (Wildman–Crippen LogP) is 4.50. The average Bonchev–Trinajstić information content (AvgIpc) is 2.86. The first-order chi connectivity index (χ1) is 12.0. The summed E-state index contributed by atoms with van der Waals surface area (Å²) in [6.45, 7) is 4.31. The van der Waals surface area contributed by atoms with E-state index >= 15 is 0 Å². The van der Waals surface area contributed by atoms with Gasteiger partial charge in [0.2, 0.25) is 0 Å². The highest BCUT2D eigenvalue weighted by molar-refractivity contribution is 6.42. The quantitative estimate of drug-likeness (QED) is 0.730. The van der Waals surface area contributed by atoms with Gasteiger partial charge in [-0.2, -0.15) is 5.10 Å². The Morgan fingerprint density at radius 2 is 1.84 bits per heavy atom. The molecule has 0 fully saturated rings. The van der Waals surface area contributed by atoms with Crippen LogP contribution in [-0.4, -0.2) is 20.7 Å². The molecule has 128 valence electrons. The van der Waals surface area contributed by atoms with Gasteiger partial charge in [-0.25, -0.2) is 0 Å². The number of pyridine rings is 1. The molecule has 7 heteroatoms. The third kappa shape index (κ3) is 3.83. The molecule has 0 aliphatic carbocycles. The van der Waals surface area contributed by atoms with Crippen molar-refractivity contribution in [1.29, 1.82) is 0 Å². The van der Waals surface area contributed by atoms with Gasteiger partial charge >= 0.3 is 0 Å². The predicted molar refractivity (Wildman–Crippen MR) is 99.5 cm³/mol. The van der Waals surface area contributed by atoms with Crippen LogP contribution in [0.2, 0.25) is 10.0 Å². The third-order valence-corrected chi connectivity index (χ3v) is 4.62. The monoisotopic (exact) mass is 374 g/mol. The standard InChI is InChI=1S/C18H16Cl2N4O/c1-11-17(22-18(25)14-5-7-21-8-6-14)12(2)24(23-11)10-13-3-4-15(19)16(20)9-13/h3-9H,10H2,1-2H3,(H,22,25). The van der Waals surface area contributed by atoms with Gasteiger partial charge in [-0.15, -0.1) is 0 Å². The summed E-state index contributed by atoms with van der Waals surface area (Å²) in [5.41, 5.74) is 3.85. The molecule has 0 aliphatic heterocycles. The Kier molecular flexibility index (Phi) is 5.06. The Morgan fingerprint density at radius 3 is 2.52 bits per heavy atom. The molecule has 1 amide bonds. The second kappa shape index (κ2) is 7.25. The molecule has 1 N–H and O–H groups in total. The Morgan fingerprint density at radius 1 is 1.12 bits per heavy atom. The van der Waals surface area contributed by atoms with Crippen LogP contribution in [-0.2, 0) is 6.54 Å². The van der Waals surface area contributed by atoms with Crippen LogP contribution in [0.25, 0.3) is 0 Å². The van der Waals surface area contributed by atoms with Crippen molar-refractivity contribution in [1.82, 2.24) is 14.8 Å². The zero-order valence-corrected chi connectivity index (χ0v) is 15.3. The van der Waals surface area contributed by atoms with Crippen molar-refractivity contribution in [2.24, 2.45) is 0 Å². The fourth-order valence-electron chi connectivity index (χ4n) is 2.53. The number of halogens is 2. The van der Waals surface area contributed by atoms with E-state index in [1.54, 1.807) is 30.6 Å².